The second-order valence-corrected chi connectivity index (χ2v) is 5.69. The van der Waals surface area contributed by atoms with Gasteiger partial charge >= 0.3 is 0 Å². The summed E-state index contributed by atoms with van der Waals surface area (Å²) in [6.45, 7) is 7.32. The van der Waals surface area contributed by atoms with Gasteiger partial charge in [0.15, 0.2) is 0 Å². The Kier molecular flexibility index (Phi) is 4.74. The third-order valence-corrected chi connectivity index (χ3v) is 5.16. The predicted molar refractivity (Wildman–Crippen MR) is 77.7 cm³/mol. The molecule has 17 heavy (non-hydrogen) atoms. The van der Waals surface area contributed by atoms with Crippen molar-refractivity contribution in [3.63, 3.8) is 0 Å². The molecule has 0 saturated carbocycles. The molecular weight excluding hydrogens is 232 g/mol. The van der Waals surface area contributed by atoms with Gasteiger partial charge in [-0.3, -0.25) is 4.68 Å². The first-order valence-electron chi connectivity index (χ1n) is 6.07. The average Bonchev–Trinajstić information content (AvgIpc) is 2.57. The molecule has 0 atom stereocenters. The maximum atomic E-state index is 6.00. The van der Waals surface area contributed by atoms with E-state index in [-0.39, 0.29) is 4.75 Å². The quantitative estimate of drug-likeness (QED) is 0.821. The Bertz CT molecular complexity index is 361. The largest absolute Gasteiger partial charge is 0.394 e. The summed E-state index contributed by atoms with van der Waals surface area (Å²) in [5.74, 6) is 0.933. The van der Waals surface area contributed by atoms with Gasteiger partial charge in [-0.1, -0.05) is 13.8 Å². The SMILES string of the molecule is CCC(CC)(CNc1c(N)c(C)nn1C)SC. The summed E-state index contributed by atoms with van der Waals surface area (Å²) in [4.78, 5) is 0. The van der Waals surface area contributed by atoms with Crippen molar-refractivity contribution in [3.05, 3.63) is 5.69 Å². The van der Waals surface area contributed by atoms with Crippen LogP contribution in [0, 0.1) is 6.92 Å². The summed E-state index contributed by atoms with van der Waals surface area (Å²) < 4.78 is 2.10. The molecule has 0 saturated heterocycles. The monoisotopic (exact) mass is 256 g/mol. The Morgan fingerprint density at radius 1 is 1.41 bits per heavy atom. The Morgan fingerprint density at radius 2 is 2.00 bits per heavy atom. The minimum atomic E-state index is 0.282. The minimum Gasteiger partial charge on any atom is -0.394 e. The van der Waals surface area contributed by atoms with Gasteiger partial charge in [-0.05, 0) is 26.0 Å². The molecule has 0 aliphatic rings. The molecule has 3 N–H and O–H groups in total. The van der Waals surface area contributed by atoms with E-state index < -0.39 is 0 Å². The Hall–Kier alpha value is -0.840. The number of nitrogens with one attached hydrogen (secondary N) is 1. The number of hydrogen-bond donors (Lipinski definition) is 2. The maximum Gasteiger partial charge on any atom is 0.147 e. The van der Waals surface area contributed by atoms with Gasteiger partial charge in [-0.15, -0.1) is 0 Å². The van der Waals surface area contributed by atoms with Crippen molar-refractivity contribution in [1.29, 1.82) is 0 Å². The van der Waals surface area contributed by atoms with Crippen LogP contribution in [0.2, 0.25) is 0 Å². The molecule has 0 radical (unpaired) electrons. The van der Waals surface area contributed by atoms with Crippen LogP contribution in [0.25, 0.3) is 0 Å². The van der Waals surface area contributed by atoms with Gasteiger partial charge in [0.05, 0.1) is 11.4 Å². The molecule has 1 heterocycles. The fourth-order valence-electron chi connectivity index (χ4n) is 1.99. The van der Waals surface area contributed by atoms with E-state index >= 15 is 0 Å². The zero-order chi connectivity index (χ0) is 13.1. The number of thioether (sulfide) groups is 1. The highest BCUT2D eigenvalue weighted by Gasteiger charge is 2.25. The molecule has 0 bridgehead atoms. The molecule has 0 aliphatic carbocycles. The second-order valence-electron chi connectivity index (χ2n) is 4.42. The number of aromatic nitrogens is 2. The lowest BCUT2D eigenvalue weighted by atomic mass is 10.0. The van der Waals surface area contributed by atoms with Crippen LogP contribution in [0.1, 0.15) is 32.4 Å². The number of nitrogens with two attached hydrogens (primary N) is 1. The molecule has 1 aromatic rings. The van der Waals surface area contributed by atoms with Crippen LogP contribution in [-0.2, 0) is 7.05 Å². The van der Waals surface area contributed by atoms with Crippen LogP contribution in [0.4, 0.5) is 11.5 Å². The van der Waals surface area contributed by atoms with Gasteiger partial charge in [0.1, 0.15) is 5.82 Å². The van der Waals surface area contributed by atoms with Crippen LogP contribution < -0.4 is 11.1 Å². The molecule has 5 heteroatoms. The molecule has 4 nitrogen and oxygen atoms in total. The Labute approximate surface area is 108 Å². The number of anilines is 2. The van der Waals surface area contributed by atoms with Crippen LogP contribution in [0.5, 0.6) is 0 Å². The van der Waals surface area contributed by atoms with E-state index in [1.165, 1.54) is 0 Å². The van der Waals surface area contributed by atoms with Gasteiger partial charge in [0.25, 0.3) is 0 Å². The Balaban J connectivity index is 2.79. The van der Waals surface area contributed by atoms with Crippen LogP contribution >= 0.6 is 11.8 Å². The summed E-state index contributed by atoms with van der Waals surface area (Å²) in [5.41, 5.74) is 7.65. The van der Waals surface area contributed by atoms with E-state index in [2.05, 4.69) is 30.5 Å². The lowest BCUT2D eigenvalue weighted by Gasteiger charge is -2.30. The highest BCUT2D eigenvalue weighted by Crippen LogP contribution is 2.31. The summed E-state index contributed by atoms with van der Waals surface area (Å²) in [5, 5.41) is 7.76. The normalized spacial score (nSPS) is 11.8. The Morgan fingerprint density at radius 3 is 2.35 bits per heavy atom. The van der Waals surface area contributed by atoms with Crippen molar-refractivity contribution in [2.45, 2.75) is 38.4 Å². The molecule has 0 fully saturated rings. The van der Waals surface area contributed by atoms with E-state index in [0.717, 1.165) is 36.6 Å². The number of nitrogen functional groups attached to an aromatic ring is 1. The average molecular weight is 256 g/mol. The zero-order valence-electron chi connectivity index (χ0n) is 11.5. The highest BCUT2D eigenvalue weighted by molar-refractivity contribution is 8.00. The van der Waals surface area contributed by atoms with Gasteiger partial charge in [-0.2, -0.15) is 16.9 Å². The smallest absolute Gasteiger partial charge is 0.147 e. The first-order chi connectivity index (χ1) is 7.99. The first kappa shape index (κ1) is 14.2. The molecule has 0 aromatic carbocycles. The molecule has 0 unspecified atom stereocenters. The van der Waals surface area contributed by atoms with E-state index in [1.807, 2.05) is 30.4 Å². The lowest BCUT2D eigenvalue weighted by molar-refractivity contribution is 0.571. The van der Waals surface area contributed by atoms with E-state index in [1.54, 1.807) is 0 Å². The van der Waals surface area contributed by atoms with Gasteiger partial charge in [0, 0.05) is 18.3 Å². The number of nitrogens with zero attached hydrogens (tertiary/aromatic N) is 2. The molecule has 0 amide bonds. The van der Waals surface area contributed by atoms with Gasteiger partial charge in [-0.25, -0.2) is 0 Å². The topological polar surface area (TPSA) is 55.9 Å². The molecule has 98 valence electrons. The highest BCUT2D eigenvalue weighted by atomic mass is 32.2. The zero-order valence-corrected chi connectivity index (χ0v) is 12.3. The third-order valence-electron chi connectivity index (χ3n) is 3.57. The summed E-state index contributed by atoms with van der Waals surface area (Å²) in [6, 6.07) is 0. The number of hydrogen-bond acceptors (Lipinski definition) is 4. The van der Waals surface area contributed by atoms with Crippen LogP contribution in [-0.4, -0.2) is 27.3 Å². The standard InChI is InChI=1S/C12H24N4S/c1-6-12(7-2,17-5)8-14-11-10(13)9(3)15-16(11)4/h14H,6-8,13H2,1-5H3. The summed E-state index contributed by atoms with van der Waals surface area (Å²) >= 11 is 1.92. The summed E-state index contributed by atoms with van der Waals surface area (Å²) in [6.07, 6.45) is 4.47. The van der Waals surface area contributed by atoms with Crippen molar-refractivity contribution >= 4 is 23.3 Å². The fraction of sp³-hybridized carbons (Fsp3) is 0.750. The lowest BCUT2D eigenvalue weighted by Crippen LogP contribution is -2.32. The molecule has 1 rings (SSSR count). The van der Waals surface area contributed by atoms with Crippen molar-refractivity contribution in [2.75, 3.05) is 23.9 Å². The van der Waals surface area contributed by atoms with Gasteiger partial charge in [0.2, 0.25) is 0 Å². The fourth-order valence-corrected chi connectivity index (χ4v) is 2.78. The summed E-state index contributed by atoms with van der Waals surface area (Å²) in [7, 11) is 1.92. The number of rotatable bonds is 6. The van der Waals surface area contributed by atoms with Crippen LogP contribution in [0.3, 0.4) is 0 Å². The van der Waals surface area contributed by atoms with Crippen molar-refractivity contribution in [1.82, 2.24) is 9.78 Å². The van der Waals surface area contributed by atoms with Crippen molar-refractivity contribution in [2.24, 2.45) is 7.05 Å². The van der Waals surface area contributed by atoms with E-state index in [9.17, 15) is 0 Å². The third kappa shape index (κ3) is 2.89. The predicted octanol–water partition coefficient (Wildman–Crippen LogP) is 2.64. The molecule has 0 aliphatic heterocycles. The number of aryl methyl sites for hydroxylation is 2. The van der Waals surface area contributed by atoms with Crippen LogP contribution in [0.15, 0.2) is 0 Å². The molecule has 1 aromatic heterocycles. The molecule has 0 spiro atoms. The minimum absolute atomic E-state index is 0.282. The van der Waals surface area contributed by atoms with Crippen molar-refractivity contribution in [3.8, 4) is 0 Å². The maximum absolute atomic E-state index is 6.00. The second kappa shape index (κ2) is 5.67. The van der Waals surface area contributed by atoms with Gasteiger partial charge < -0.3 is 11.1 Å². The molecular formula is C12H24N4S. The van der Waals surface area contributed by atoms with E-state index in [0.29, 0.717) is 0 Å². The first-order valence-corrected chi connectivity index (χ1v) is 7.30. The van der Waals surface area contributed by atoms with E-state index in [4.69, 9.17) is 5.73 Å². The van der Waals surface area contributed by atoms with Crippen molar-refractivity contribution < 1.29 is 0 Å².